The molecule has 0 N–H and O–H groups in total. The first-order valence-corrected chi connectivity index (χ1v) is 7.84. The average Bonchev–Trinajstić information content (AvgIpc) is 2.45. The summed E-state index contributed by atoms with van der Waals surface area (Å²) in [6, 6.07) is 16.9. The van der Waals surface area contributed by atoms with Crippen molar-refractivity contribution in [3.05, 3.63) is 76.3 Å². The first-order chi connectivity index (χ1) is 9.95. The van der Waals surface area contributed by atoms with Gasteiger partial charge in [-0.25, -0.2) is 0 Å². The van der Waals surface area contributed by atoms with Crippen molar-refractivity contribution in [1.82, 2.24) is 0 Å². The van der Waals surface area contributed by atoms with E-state index < -0.39 is 0 Å². The van der Waals surface area contributed by atoms with E-state index >= 15 is 0 Å². The summed E-state index contributed by atoms with van der Waals surface area (Å²) >= 11 is 5.87. The molecule has 0 atom stereocenters. The van der Waals surface area contributed by atoms with Crippen LogP contribution in [-0.2, 0) is 11.8 Å². The van der Waals surface area contributed by atoms with Gasteiger partial charge in [0.15, 0.2) is 0 Å². The minimum Gasteiger partial charge on any atom is -0.0843 e. The minimum atomic E-state index is 0.229. The standard InChI is InChI=1S/C20H23Cl/c1-20(2,3)18-12-8-16(9-13-18)6-4-5-7-17-10-14-19(21)15-11-17/h5,7-15H,4,6H2,1-3H3/b7-5+. The molecule has 21 heavy (non-hydrogen) atoms. The van der Waals surface area contributed by atoms with E-state index in [0.29, 0.717) is 0 Å². The predicted molar refractivity (Wildman–Crippen MR) is 93.9 cm³/mol. The molecule has 0 aliphatic rings. The lowest BCUT2D eigenvalue weighted by atomic mass is 9.86. The summed E-state index contributed by atoms with van der Waals surface area (Å²) in [4.78, 5) is 0. The van der Waals surface area contributed by atoms with Crippen molar-refractivity contribution in [2.45, 2.75) is 39.0 Å². The van der Waals surface area contributed by atoms with Gasteiger partial charge < -0.3 is 0 Å². The van der Waals surface area contributed by atoms with Crippen LogP contribution in [0.25, 0.3) is 6.08 Å². The fourth-order valence-corrected chi connectivity index (χ4v) is 2.34. The van der Waals surface area contributed by atoms with Gasteiger partial charge in [-0.3, -0.25) is 0 Å². The van der Waals surface area contributed by atoms with Crippen LogP contribution in [-0.4, -0.2) is 0 Å². The summed E-state index contributed by atoms with van der Waals surface area (Å²) in [6.45, 7) is 6.74. The van der Waals surface area contributed by atoms with Crippen LogP contribution in [0.3, 0.4) is 0 Å². The van der Waals surface area contributed by atoms with Gasteiger partial charge in [-0.1, -0.05) is 80.9 Å². The second kappa shape index (κ2) is 6.95. The van der Waals surface area contributed by atoms with E-state index in [0.717, 1.165) is 17.9 Å². The largest absolute Gasteiger partial charge is 0.0843 e. The molecule has 2 aromatic rings. The van der Waals surface area contributed by atoms with Crippen molar-refractivity contribution in [1.29, 1.82) is 0 Å². The second-order valence-electron chi connectivity index (χ2n) is 6.44. The molecule has 0 aromatic heterocycles. The lowest BCUT2D eigenvalue weighted by Crippen LogP contribution is -2.10. The van der Waals surface area contributed by atoms with Crippen molar-refractivity contribution in [2.24, 2.45) is 0 Å². The normalized spacial score (nSPS) is 12.0. The molecule has 2 aromatic carbocycles. The van der Waals surface area contributed by atoms with E-state index in [2.05, 4.69) is 57.2 Å². The molecule has 0 saturated carbocycles. The van der Waals surface area contributed by atoms with Crippen LogP contribution in [0.4, 0.5) is 0 Å². The van der Waals surface area contributed by atoms with E-state index in [1.807, 2.05) is 24.3 Å². The number of halogens is 1. The third-order valence-corrected chi connectivity index (χ3v) is 3.85. The van der Waals surface area contributed by atoms with Gasteiger partial charge in [0.25, 0.3) is 0 Å². The third-order valence-electron chi connectivity index (χ3n) is 3.60. The lowest BCUT2D eigenvalue weighted by Gasteiger charge is -2.19. The molecular formula is C20H23Cl. The highest BCUT2D eigenvalue weighted by atomic mass is 35.5. The van der Waals surface area contributed by atoms with E-state index in [9.17, 15) is 0 Å². The highest BCUT2D eigenvalue weighted by molar-refractivity contribution is 6.30. The molecule has 0 bridgehead atoms. The summed E-state index contributed by atoms with van der Waals surface area (Å²) in [6.07, 6.45) is 6.51. The minimum absolute atomic E-state index is 0.229. The van der Waals surface area contributed by atoms with Crippen molar-refractivity contribution in [3.8, 4) is 0 Å². The Bertz CT molecular complexity index is 583. The van der Waals surface area contributed by atoms with Crippen LogP contribution >= 0.6 is 11.6 Å². The maximum atomic E-state index is 5.87. The SMILES string of the molecule is CC(C)(C)c1ccc(CC/C=C/c2ccc(Cl)cc2)cc1. The van der Waals surface area contributed by atoms with E-state index in [1.54, 1.807) is 0 Å². The highest BCUT2D eigenvalue weighted by Gasteiger charge is 2.12. The monoisotopic (exact) mass is 298 g/mol. The smallest absolute Gasteiger partial charge is 0.0406 e. The van der Waals surface area contributed by atoms with Crippen molar-refractivity contribution >= 4 is 17.7 Å². The van der Waals surface area contributed by atoms with Gasteiger partial charge in [0.2, 0.25) is 0 Å². The Morgan fingerprint density at radius 2 is 1.52 bits per heavy atom. The lowest BCUT2D eigenvalue weighted by molar-refractivity contribution is 0.590. The third kappa shape index (κ3) is 5.06. The molecule has 0 radical (unpaired) electrons. The molecule has 0 aliphatic carbocycles. The molecule has 2 rings (SSSR count). The summed E-state index contributed by atoms with van der Waals surface area (Å²) in [5.74, 6) is 0. The van der Waals surface area contributed by atoms with Gasteiger partial charge in [0.1, 0.15) is 0 Å². The number of allylic oxidation sites excluding steroid dienone is 1. The Balaban J connectivity index is 1.87. The van der Waals surface area contributed by atoms with Gasteiger partial charge in [0, 0.05) is 5.02 Å². The zero-order chi connectivity index (χ0) is 15.3. The molecule has 110 valence electrons. The summed E-state index contributed by atoms with van der Waals surface area (Å²) in [5, 5.41) is 0.783. The van der Waals surface area contributed by atoms with Gasteiger partial charge >= 0.3 is 0 Å². The van der Waals surface area contributed by atoms with Gasteiger partial charge in [-0.2, -0.15) is 0 Å². The quantitative estimate of drug-likeness (QED) is 0.623. The van der Waals surface area contributed by atoms with Gasteiger partial charge in [-0.05, 0) is 47.1 Å². The zero-order valence-electron chi connectivity index (χ0n) is 13.1. The van der Waals surface area contributed by atoms with Crippen LogP contribution in [0.15, 0.2) is 54.6 Å². The van der Waals surface area contributed by atoms with Crippen molar-refractivity contribution in [3.63, 3.8) is 0 Å². The molecular weight excluding hydrogens is 276 g/mol. The van der Waals surface area contributed by atoms with Gasteiger partial charge in [-0.15, -0.1) is 0 Å². The first kappa shape index (κ1) is 15.9. The topological polar surface area (TPSA) is 0 Å². The molecule has 0 spiro atoms. The van der Waals surface area contributed by atoms with Crippen LogP contribution in [0.2, 0.25) is 5.02 Å². The number of aryl methyl sites for hydroxylation is 1. The summed E-state index contributed by atoms with van der Waals surface area (Å²) in [7, 11) is 0. The van der Waals surface area contributed by atoms with Crippen molar-refractivity contribution in [2.75, 3.05) is 0 Å². The zero-order valence-corrected chi connectivity index (χ0v) is 13.8. The highest BCUT2D eigenvalue weighted by Crippen LogP contribution is 2.22. The Kier molecular flexibility index (Phi) is 5.25. The molecule has 0 fully saturated rings. The maximum Gasteiger partial charge on any atom is 0.0406 e. The van der Waals surface area contributed by atoms with E-state index in [1.165, 1.54) is 16.7 Å². The number of hydrogen-bond donors (Lipinski definition) is 0. The molecule has 0 aliphatic heterocycles. The van der Waals surface area contributed by atoms with Crippen molar-refractivity contribution < 1.29 is 0 Å². The average molecular weight is 299 g/mol. The number of rotatable bonds is 4. The van der Waals surface area contributed by atoms with E-state index in [-0.39, 0.29) is 5.41 Å². The molecule has 0 amide bonds. The number of benzene rings is 2. The maximum absolute atomic E-state index is 5.87. The first-order valence-electron chi connectivity index (χ1n) is 7.47. The fourth-order valence-electron chi connectivity index (χ4n) is 2.21. The van der Waals surface area contributed by atoms with Gasteiger partial charge in [0.05, 0.1) is 0 Å². The Hall–Kier alpha value is -1.53. The van der Waals surface area contributed by atoms with Crippen LogP contribution in [0.5, 0.6) is 0 Å². The van der Waals surface area contributed by atoms with Crippen LogP contribution in [0, 0.1) is 0 Å². The Morgan fingerprint density at radius 3 is 2.10 bits per heavy atom. The molecule has 0 heterocycles. The molecule has 0 saturated heterocycles. The molecule has 0 unspecified atom stereocenters. The van der Waals surface area contributed by atoms with Crippen LogP contribution < -0.4 is 0 Å². The Labute approximate surface area is 133 Å². The van der Waals surface area contributed by atoms with E-state index in [4.69, 9.17) is 11.6 Å². The van der Waals surface area contributed by atoms with Crippen LogP contribution in [0.1, 0.15) is 43.9 Å². The molecule has 1 heteroatoms. The fraction of sp³-hybridized carbons (Fsp3) is 0.300. The predicted octanol–water partition coefficient (Wildman–Crippen LogP) is 6.28. The summed E-state index contributed by atoms with van der Waals surface area (Å²) in [5.41, 5.74) is 4.21. The second-order valence-corrected chi connectivity index (χ2v) is 6.88. The summed E-state index contributed by atoms with van der Waals surface area (Å²) < 4.78 is 0. The Morgan fingerprint density at radius 1 is 0.905 bits per heavy atom. The molecule has 0 nitrogen and oxygen atoms in total. The number of hydrogen-bond acceptors (Lipinski definition) is 0.